The smallest absolute Gasteiger partial charge is 0.114 e. The quantitative estimate of drug-likeness (QED) is 0.618. The van der Waals surface area contributed by atoms with E-state index in [9.17, 15) is 0 Å². The number of nitrogens with zero attached hydrogens (tertiary/aromatic N) is 2. The molecule has 1 fully saturated rings. The Morgan fingerprint density at radius 1 is 1.64 bits per heavy atom. The lowest BCUT2D eigenvalue weighted by atomic mass is 10.4. The molecule has 0 bridgehead atoms. The largest absolute Gasteiger partial charge is 0.356 e. The van der Waals surface area contributed by atoms with Crippen LogP contribution >= 0.6 is 0 Å². The van der Waals surface area contributed by atoms with Crippen LogP contribution in [0.2, 0.25) is 0 Å². The van der Waals surface area contributed by atoms with E-state index in [1.54, 1.807) is 6.20 Å². The molecule has 2 heterocycles. The summed E-state index contributed by atoms with van der Waals surface area (Å²) in [5.74, 6) is 0. The molecule has 1 aliphatic heterocycles. The summed E-state index contributed by atoms with van der Waals surface area (Å²) in [5, 5.41) is 3.25. The van der Waals surface area contributed by atoms with Crippen molar-refractivity contribution in [1.29, 1.82) is 0 Å². The van der Waals surface area contributed by atoms with Gasteiger partial charge in [-0.25, -0.2) is 0 Å². The van der Waals surface area contributed by atoms with Crippen LogP contribution in [0.15, 0.2) is 18.3 Å². The van der Waals surface area contributed by atoms with Crippen molar-refractivity contribution < 1.29 is 0 Å². The van der Waals surface area contributed by atoms with Gasteiger partial charge in [0.05, 0.1) is 12.4 Å². The Morgan fingerprint density at radius 2 is 2.64 bits per heavy atom. The van der Waals surface area contributed by atoms with Gasteiger partial charge >= 0.3 is 0 Å². The van der Waals surface area contributed by atoms with Gasteiger partial charge in [0.15, 0.2) is 0 Å². The molecule has 0 atom stereocenters. The van der Waals surface area contributed by atoms with E-state index in [4.69, 9.17) is 0 Å². The summed E-state index contributed by atoms with van der Waals surface area (Å²) < 4.78 is 0. The Bertz CT molecular complexity index is 216. The molecule has 0 saturated carbocycles. The average molecular weight is 148 g/mol. The fraction of sp³-hybridized carbons (Fsp3) is 0.375. The van der Waals surface area contributed by atoms with E-state index in [1.165, 1.54) is 0 Å². The molecule has 0 unspecified atom stereocenters. The number of pyridine rings is 1. The summed E-state index contributed by atoms with van der Waals surface area (Å²) in [5.41, 5.74) is 1.08. The molecule has 57 valence electrons. The Hall–Kier alpha value is -1.09. The molecule has 0 aliphatic carbocycles. The van der Waals surface area contributed by atoms with Crippen LogP contribution in [0.3, 0.4) is 0 Å². The van der Waals surface area contributed by atoms with Crippen LogP contribution < -0.4 is 10.2 Å². The minimum absolute atomic E-state index is 0.919. The molecule has 1 aromatic rings. The van der Waals surface area contributed by atoms with Crippen molar-refractivity contribution in [1.82, 2.24) is 10.3 Å². The van der Waals surface area contributed by atoms with E-state index in [0.29, 0.717) is 0 Å². The zero-order chi connectivity index (χ0) is 7.52. The number of hydrogen-bond donors (Lipinski definition) is 1. The number of anilines is 1. The molecule has 2 rings (SSSR count). The summed E-state index contributed by atoms with van der Waals surface area (Å²) in [4.78, 5) is 6.15. The van der Waals surface area contributed by atoms with Crippen molar-refractivity contribution in [3.63, 3.8) is 0 Å². The van der Waals surface area contributed by atoms with Gasteiger partial charge in [-0.15, -0.1) is 0 Å². The molecule has 0 spiro atoms. The van der Waals surface area contributed by atoms with E-state index in [1.807, 2.05) is 12.1 Å². The van der Waals surface area contributed by atoms with Crippen LogP contribution in [0.5, 0.6) is 0 Å². The molecule has 1 aliphatic rings. The maximum atomic E-state index is 3.93. The van der Waals surface area contributed by atoms with Crippen molar-refractivity contribution in [3.8, 4) is 0 Å². The predicted molar refractivity (Wildman–Crippen MR) is 43.3 cm³/mol. The highest BCUT2D eigenvalue weighted by molar-refractivity contribution is 5.43. The van der Waals surface area contributed by atoms with E-state index >= 15 is 0 Å². The lowest BCUT2D eigenvalue weighted by molar-refractivity contribution is 0.854. The van der Waals surface area contributed by atoms with Gasteiger partial charge in [-0.05, 0) is 12.1 Å². The van der Waals surface area contributed by atoms with Crippen molar-refractivity contribution >= 4 is 5.69 Å². The lowest BCUT2D eigenvalue weighted by Gasteiger charge is -2.14. The molecule has 3 nitrogen and oxygen atoms in total. The topological polar surface area (TPSA) is 28.2 Å². The molecular weight excluding hydrogens is 138 g/mol. The minimum Gasteiger partial charge on any atom is -0.356 e. The third-order valence-corrected chi connectivity index (χ3v) is 1.80. The second-order valence-electron chi connectivity index (χ2n) is 2.56. The van der Waals surface area contributed by atoms with E-state index in [-0.39, 0.29) is 0 Å². The standard InChI is InChI=1S/C8H10N3/c1-2-8(6-9-3-1)11-5-4-10-7-11/h1-3,10H,4-5,7H2. The first kappa shape index (κ1) is 6.61. The van der Waals surface area contributed by atoms with Gasteiger partial charge in [0, 0.05) is 19.3 Å². The lowest BCUT2D eigenvalue weighted by Crippen LogP contribution is -2.20. The third kappa shape index (κ3) is 1.33. The molecule has 1 saturated heterocycles. The second kappa shape index (κ2) is 2.88. The first-order chi connectivity index (χ1) is 5.47. The van der Waals surface area contributed by atoms with Gasteiger partial charge in [0.25, 0.3) is 0 Å². The Morgan fingerprint density at radius 3 is 3.27 bits per heavy atom. The summed E-state index contributed by atoms with van der Waals surface area (Å²) >= 11 is 0. The van der Waals surface area contributed by atoms with Gasteiger partial charge < -0.3 is 4.90 Å². The number of aromatic nitrogens is 1. The molecule has 1 aromatic heterocycles. The van der Waals surface area contributed by atoms with Gasteiger partial charge in [0.1, 0.15) is 6.20 Å². The van der Waals surface area contributed by atoms with Gasteiger partial charge in [0.2, 0.25) is 0 Å². The molecule has 0 amide bonds. The van der Waals surface area contributed by atoms with Gasteiger partial charge in [-0.3, -0.25) is 10.3 Å². The highest BCUT2D eigenvalue weighted by Crippen LogP contribution is 2.10. The van der Waals surface area contributed by atoms with Crippen LogP contribution in [0.25, 0.3) is 0 Å². The minimum atomic E-state index is 0.919. The van der Waals surface area contributed by atoms with E-state index < -0.39 is 0 Å². The monoisotopic (exact) mass is 148 g/mol. The van der Waals surface area contributed by atoms with Crippen LogP contribution in [0.1, 0.15) is 0 Å². The van der Waals surface area contributed by atoms with Crippen LogP contribution in [0.4, 0.5) is 5.69 Å². The molecular formula is C8H10N3. The number of nitrogens with one attached hydrogen (secondary N) is 1. The predicted octanol–water partition coefficient (Wildman–Crippen LogP) is 0.249. The fourth-order valence-electron chi connectivity index (χ4n) is 1.21. The zero-order valence-electron chi connectivity index (χ0n) is 6.25. The maximum Gasteiger partial charge on any atom is 0.114 e. The zero-order valence-corrected chi connectivity index (χ0v) is 6.25. The summed E-state index contributed by atoms with van der Waals surface area (Å²) in [6.07, 6.45) is 4.69. The molecule has 3 heteroatoms. The van der Waals surface area contributed by atoms with E-state index in [0.717, 1.165) is 25.4 Å². The first-order valence-electron chi connectivity index (χ1n) is 3.75. The highest BCUT2D eigenvalue weighted by atomic mass is 15.3. The Labute approximate surface area is 66.0 Å². The van der Waals surface area contributed by atoms with E-state index in [2.05, 4.69) is 21.4 Å². The summed E-state index contributed by atoms with van der Waals surface area (Å²) in [6.45, 7) is 3.03. The molecule has 1 N–H and O–H groups in total. The van der Waals surface area contributed by atoms with Gasteiger partial charge in [-0.1, -0.05) is 0 Å². The average Bonchev–Trinajstić information content (AvgIpc) is 2.58. The molecule has 1 radical (unpaired) electrons. The van der Waals surface area contributed by atoms with Crippen molar-refractivity contribution in [2.24, 2.45) is 0 Å². The van der Waals surface area contributed by atoms with Crippen molar-refractivity contribution in [2.45, 2.75) is 0 Å². The summed E-state index contributed by atoms with van der Waals surface area (Å²) in [6, 6.07) is 3.96. The highest BCUT2D eigenvalue weighted by Gasteiger charge is 2.10. The van der Waals surface area contributed by atoms with Crippen LogP contribution in [0, 0.1) is 6.20 Å². The first-order valence-corrected chi connectivity index (χ1v) is 3.75. The molecule has 0 aromatic carbocycles. The normalized spacial score (nSPS) is 17.3. The maximum absolute atomic E-state index is 3.93. The van der Waals surface area contributed by atoms with Crippen LogP contribution in [-0.4, -0.2) is 24.7 Å². The fourth-order valence-corrected chi connectivity index (χ4v) is 1.21. The SMILES string of the molecule is [c]1ncccc1N1CCNC1. The van der Waals surface area contributed by atoms with Crippen molar-refractivity contribution in [3.05, 3.63) is 24.5 Å². The Kier molecular flexibility index (Phi) is 1.73. The van der Waals surface area contributed by atoms with Crippen molar-refractivity contribution in [2.75, 3.05) is 24.7 Å². The Balaban J connectivity index is 2.16. The third-order valence-electron chi connectivity index (χ3n) is 1.80. The van der Waals surface area contributed by atoms with Gasteiger partial charge in [-0.2, -0.15) is 0 Å². The molecule has 11 heavy (non-hydrogen) atoms. The summed E-state index contributed by atoms with van der Waals surface area (Å²) in [7, 11) is 0. The number of rotatable bonds is 1. The van der Waals surface area contributed by atoms with Crippen LogP contribution in [-0.2, 0) is 0 Å². The number of hydrogen-bond acceptors (Lipinski definition) is 3. The second-order valence-corrected chi connectivity index (χ2v) is 2.56.